The number of H-pyrrole nitrogens is 2. The second-order valence-corrected chi connectivity index (χ2v) is 5.65. The van der Waals surface area contributed by atoms with Crippen LogP contribution in [0.15, 0.2) is 57.9 Å². The molecule has 102 valence electrons. The van der Waals surface area contributed by atoms with Crippen LogP contribution in [-0.4, -0.2) is 15.0 Å². The summed E-state index contributed by atoms with van der Waals surface area (Å²) in [5.74, 6) is 0. The van der Waals surface area contributed by atoms with Crippen molar-refractivity contribution >= 4 is 37.9 Å². The van der Waals surface area contributed by atoms with Gasteiger partial charge in [-0.1, -0.05) is 34.1 Å². The Bertz CT molecular complexity index is 1030. The number of hydrogen-bond acceptors (Lipinski definition) is 2. The molecule has 0 fully saturated rings. The molecule has 0 spiro atoms. The normalized spacial score (nSPS) is 11.3. The lowest BCUT2D eigenvalue weighted by Crippen LogP contribution is -2.11. The van der Waals surface area contributed by atoms with Crippen LogP contribution in [0.3, 0.4) is 0 Å². The molecule has 0 aliphatic heterocycles. The number of para-hydroxylation sites is 2. The first-order valence-electron chi connectivity index (χ1n) is 6.49. The third kappa shape index (κ3) is 1.89. The summed E-state index contributed by atoms with van der Waals surface area (Å²) in [4.78, 5) is 22.9. The summed E-state index contributed by atoms with van der Waals surface area (Å²) < 4.78 is 0.936. The maximum absolute atomic E-state index is 12.3. The minimum Gasteiger partial charge on any atom is -0.360 e. The fraction of sp³-hybridized carbons (Fsp3) is 0. The monoisotopic (exact) mass is 339 g/mol. The summed E-state index contributed by atoms with van der Waals surface area (Å²) in [7, 11) is 0. The second kappa shape index (κ2) is 4.56. The highest BCUT2D eigenvalue weighted by atomic mass is 79.9. The van der Waals surface area contributed by atoms with Crippen LogP contribution in [0.4, 0.5) is 0 Å². The van der Waals surface area contributed by atoms with E-state index in [-0.39, 0.29) is 5.56 Å². The summed E-state index contributed by atoms with van der Waals surface area (Å²) >= 11 is 3.54. The lowest BCUT2D eigenvalue weighted by molar-refractivity contribution is 1.22. The summed E-state index contributed by atoms with van der Waals surface area (Å²) in [5.41, 5.74) is 3.51. The van der Waals surface area contributed by atoms with E-state index in [0.717, 1.165) is 32.0 Å². The van der Waals surface area contributed by atoms with E-state index >= 15 is 0 Å². The van der Waals surface area contributed by atoms with Gasteiger partial charge in [0.2, 0.25) is 0 Å². The van der Waals surface area contributed by atoms with Crippen molar-refractivity contribution in [3.8, 4) is 11.3 Å². The number of nitrogens with zero attached hydrogens (tertiary/aromatic N) is 1. The van der Waals surface area contributed by atoms with E-state index in [1.165, 1.54) is 0 Å². The highest BCUT2D eigenvalue weighted by molar-refractivity contribution is 9.10. The van der Waals surface area contributed by atoms with Crippen molar-refractivity contribution in [2.45, 2.75) is 0 Å². The van der Waals surface area contributed by atoms with Gasteiger partial charge in [0.25, 0.3) is 5.56 Å². The number of aromatic nitrogens is 3. The van der Waals surface area contributed by atoms with E-state index in [1.807, 2.05) is 48.7 Å². The van der Waals surface area contributed by atoms with Gasteiger partial charge < -0.3 is 9.97 Å². The largest absolute Gasteiger partial charge is 0.360 e. The zero-order valence-corrected chi connectivity index (χ0v) is 12.4. The molecule has 0 aliphatic rings. The van der Waals surface area contributed by atoms with Crippen molar-refractivity contribution in [1.82, 2.24) is 15.0 Å². The third-order valence-electron chi connectivity index (χ3n) is 3.51. The smallest absolute Gasteiger partial charge is 0.275 e. The fourth-order valence-electron chi connectivity index (χ4n) is 2.54. The minimum absolute atomic E-state index is 0.189. The van der Waals surface area contributed by atoms with Crippen LogP contribution in [0.5, 0.6) is 0 Å². The SMILES string of the molecule is O=c1[nH]c2ccccc2nc1-c1c[nH]c2cccc(Br)c12. The van der Waals surface area contributed by atoms with E-state index in [0.29, 0.717) is 5.69 Å². The molecule has 0 unspecified atom stereocenters. The highest BCUT2D eigenvalue weighted by Gasteiger charge is 2.14. The van der Waals surface area contributed by atoms with Crippen molar-refractivity contribution < 1.29 is 0 Å². The molecule has 2 aromatic heterocycles. The Hall–Kier alpha value is -2.40. The van der Waals surface area contributed by atoms with Gasteiger partial charge in [0.05, 0.1) is 11.0 Å². The van der Waals surface area contributed by atoms with Crippen LogP contribution in [0.1, 0.15) is 0 Å². The Morgan fingerprint density at radius 2 is 1.81 bits per heavy atom. The Labute approximate surface area is 128 Å². The second-order valence-electron chi connectivity index (χ2n) is 4.80. The maximum Gasteiger partial charge on any atom is 0.275 e. The van der Waals surface area contributed by atoms with E-state index in [1.54, 1.807) is 0 Å². The molecule has 2 aromatic carbocycles. The Morgan fingerprint density at radius 1 is 1.00 bits per heavy atom. The van der Waals surface area contributed by atoms with Gasteiger partial charge in [-0.2, -0.15) is 0 Å². The molecule has 0 amide bonds. The highest BCUT2D eigenvalue weighted by Crippen LogP contribution is 2.32. The topological polar surface area (TPSA) is 61.5 Å². The molecular formula is C16H10BrN3O. The van der Waals surface area contributed by atoms with Gasteiger partial charge in [0.15, 0.2) is 0 Å². The predicted octanol–water partition coefficient (Wildman–Crippen LogP) is 3.83. The molecule has 2 N–H and O–H groups in total. The molecule has 0 radical (unpaired) electrons. The van der Waals surface area contributed by atoms with Gasteiger partial charge in [-0.05, 0) is 24.3 Å². The average Bonchev–Trinajstić information content (AvgIpc) is 2.92. The Morgan fingerprint density at radius 3 is 2.71 bits per heavy atom. The lowest BCUT2D eigenvalue weighted by Gasteiger charge is -2.02. The number of rotatable bonds is 1. The van der Waals surface area contributed by atoms with Gasteiger partial charge in [0, 0.05) is 27.1 Å². The molecule has 0 bridgehead atoms. The Balaban J connectivity index is 2.09. The minimum atomic E-state index is -0.189. The number of hydrogen-bond donors (Lipinski definition) is 2. The van der Waals surface area contributed by atoms with Crippen molar-refractivity contribution in [1.29, 1.82) is 0 Å². The maximum atomic E-state index is 12.3. The first kappa shape index (κ1) is 12.3. The number of fused-ring (bicyclic) bond motifs is 2. The molecule has 5 heteroatoms. The molecule has 0 aliphatic carbocycles. The number of benzene rings is 2. The first-order chi connectivity index (χ1) is 10.2. The van der Waals surface area contributed by atoms with E-state index in [2.05, 4.69) is 30.9 Å². The van der Waals surface area contributed by atoms with Crippen LogP contribution in [0, 0.1) is 0 Å². The van der Waals surface area contributed by atoms with Crippen LogP contribution < -0.4 is 5.56 Å². The van der Waals surface area contributed by atoms with Gasteiger partial charge in [-0.15, -0.1) is 0 Å². The number of nitrogens with one attached hydrogen (secondary N) is 2. The first-order valence-corrected chi connectivity index (χ1v) is 7.28. The summed E-state index contributed by atoms with van der Waals surface area (Å²) in [6.45, 7) is 0. The van der Waals surface area contributed by atoms with Gasteiger partial charge >= 0.3 is 0 Å². The van der Waals surface area contributed by atoms with Crippen LogP contribution in [0.2, 0.25) is 0 Å². The quantitative estimate of drug-likeness (QED) is 0.553. The van der Waals surface area contributed by atoms with Gasteiger partial charge in [0.1, 0.15) is 5.69 Å². The molecule has 2 heterocycles. The van der Waals surface area contributed by atoms with Crippen LogP contribution in [0.25, 0.3) is 33.2 Å². The molecule has 21 heavy (non-hydrogen) atoms. The van der Waals surface area contributed by atoms with Gasteiger partial charge in [-0.3, -0.25) is 4.79 Å². The van der Waals surface area contributed by atoms with Crippen molar-refractivity contribution in [2.24, 2.45) is 0 Å². The zero-order valence-electron chi connectivity index (χ0n) is 10.9. The molecule has 0 atom stereocenters. The van der Waals surface area contributed by atoms with Crippen molar-refractivity contribution in [3.63, 3.8) is 0 Å². The molecule has 4 nitrogen and oxygen atoms in total. The summed E-state index contributed by atoms with van der Waals surface area (Å²) in [6, 6.07) is 13.4. The van der Waals surface area contributed by atoms with E-state index < -0.39 is 0 Å². The van der Waals surface area contributed by atoms with Crippen molar-refractivity contribution in [2.75, 3.05) is 0 Å². The molecule has 0 saturated carbocycles. The van der Waals surface area contributed by atoms with E-state index in [4.69, 9.17) is 0 Å². The van der Waals surface area contributed by atoms with Crippen LogP contribution >= 0.6 is 15.9 Å². The van der Waals surface area contributed by atoms with E-state index in [9.17, 15) is 4.79 Å². The Kier molecular flexibility index (Phi) is 2.68. The molecule has 0 saturated heterocycles. The number of aromatic amines is 2. The molecular weight excluding hydrogens is 330 g/mol. The van der Waals surface area contributed by atoms with Gasteiger partial charge in [-0.25, -0.2) is 4.98 Å². The number of halogens is 1. The van der Waals surface area contributed by atoms with Crippen molar-refractivity contribution in [3.05, 3.63) is 63.5 Å². The molecule has 4 rings (SSSR count). The predicted molar refractivity (Wildman–Crippen MR) is 87.4 cm³/mol. The fourth-order valence-corrected chi connectivity index (χ4v) is 3.12. The summed E-state index contributed by atoms with van der Waals surface area (Å²) in [6.07, 6.45) is 1.82. The lowest BCUT2D eigenvalue weighted by atomic mass is 10.1. The zero-order chi connectivity index (χ0) is 14.4. The standard InChI is InChI=1S/C16H10BrN3O/c17-10-4-3-7-13-14(10)9(8-18-13)15-16(21)20-12-6-2-1-5-11(12)19-15/h1-8,18H,(H,20,21). The van der Waals surface area contributed by atoms with Crippen LogP contribution in [-0.2, 0) is 0 Å². The average molecular weight is 340 g/mol. The third-order valence-corrected chi connectivity index (χ3v) is 4.17. The summed E-state index contributed by atoms with van der Waals surface area (Å²) in [5, 5.41) is 0.964. The molecule has 4 aromatic rings.